The second-order valence-electron chi connectivity index (χ2n) is 7.37. The van der Waals surface area contributed by atoms with Crippen LogP contribution in [0.4, 0.5) is 0 Å². The van der Waals surface area contributed by atoms with Gasteiger partial charge in [0.05, 0.1) is 12.2 Å². The molecular weight excluding hydrogens is 288 g/mol. The Balaban J connectivity index is 1.58. The Morgan fingerprint density at radius 1 is 1.35 bits per heavy atom. The fourth-order valence-electron chi connectivity index (χ4n) is 3.93. The minimum atomic E-state index is 0.311. The van der Waals surface area contributed by atoms with Crippen LogP contribution in [0.25, 0.3) is 0 Å². The molecule has 0 spiro atoms. The van der Waals surface area contributed by atoms with Crippen molar-refractivity contribution in [3.05, 3.63) is 17.2 Å². The topological polar surface area (TPSA) is 50.2 Å². The van der Waals surface area contributed by atoms with Gasteiger partial charge in [-0.25, -0.2) is 4.98 Å². The molecule has 1 saturated heterocycles. The van der Waals surface area contributed by atoms with Gasteiger partial charge in [-0.2, -0.15) is 0 Å². The number of nitrogens with zero attached hydrogens (tertiary/aromatic N) is 3. The van der Waals surface area contributed by atoms with E-state index < -0.39 is 0 Å². The maximum atomic E-state index is 12.6. The van der Waals surface area contributed by atoms with Gasteiger partial charge in [-0.05, 0) is 38.3 Å². The van der Waals surface area contributed by atoms with Crippen LogP contribution in [0.15, 0.2) is 0 Å². The molecule has 5 heteroatoms. The summed E-state index contributed by atoms with van der Waals surface area (Å²) in [6, 6.07) is 0. The molecule has 1 N–H and O–H groups in total. The SMILES string of the molecule is CC(C)c1nc2c(n1C)CCN(C(=O)CCC1CCNCC1)C2. The van der Waals surface area contributed by atoms with Gasteiger partial charge < -0.3 is 14.8 Å². The van der Waals surface area contributed by atoms with Crippen molar-refractivity contribution in [2.24, 2.45) is 13.0 Å². The number of aromatic nitrogens is 2. The zero-order chi connectivity index (χ0) is 16.4. The monoisotopic (exact) mass is 318 g/mol. The third-order valence-corrected chi connectivity index (χ3v) is 5.38. The van der Waals surface area contributed by atoms with Crippen molar-refractivity contribution in [1.29, 1.82) is 0 Å². The highest BCUT2D eigenvalue weighted by Crippen LogP contribution is 2.24. The fraction of sp³-hybridized carbons (Fsp3) is 0.778. The Hall–Kier alpha value is -1.36. The number of hydrogen-bond donors (Lipinski definition) is 1. The van der Waals surface area contributed by atoms with E-state index in [1.54, 1.807) is 0 Å². The summed E-state index contributed by atoms with van der Waals surface area (Å²) in [6.07, 6.45) is 5.11. The first-order valence-corrected chi connectivity index (χ1v) is 9.09. The molecule has 0 aromatic carbocycles. The maximum absolute atomic E-state index is 12.6. The van der Waals surface area contributed by atoms with E-state index in [0.717, 1.165) is 49.9 Å². The van der Waals surface area contributed by atoms with Gasteiger partial charge in [0.1, 0.15) is 5.82 Å². The van der Waals surface area contributed by atoms with Crippen LogP contribution in [0.2, 0.25) is 0 Å². The van der Waals surface area contributed by atoms with Crippen molar-refractivity contribution in [3.8, 4) is 0 Å². The first-order valence-electron chi connectivity index (χ1n) is 9.09. The predicted octanol–water partition coefficient (Wildman–Crippen LogP) is 2.21. The highest BCUT2D eigenvalue weighted by Gasteiger charge is 2.26. The van der Waals surface area contributed by atoms with Crippen molar-refractivity contribution in [2.75, 3.05) is 19.6 Å². The Morgan fingerprint density at radius 3 is 2.78 bits per heavy atom. The van der Waals surface area contributed by atoms with Crippen LogP contribution < -0.4 is 5.32 Å². The third-order valence-electron chi connectivity index (χ3n) is 5.38. The summed E-state index contributed by atoms with van der Waals surface area (Å²) in [4.78, 5) is 19.4. The van der Waals surface area contributed by atoms with Crippen molar-refractivity contribution >= 4 is 5.91 Å². The van der Waals surface area contributed by atoms with E-state index in [4.69, 9.17) is 4.98 Å². The lowest BCUT2D eigenvalue weighted by atomic mass is 9.93. The van der Waals surface area contributed by atoms with Gasteiger partial charge in [-0.1, -0.05) is 13.8 Å². The second kappa shape index (κ2) is 7.04. The van der Waals surface area contributed by atoms with Crippen molar-refractivity contribution in [2.45, 2.75) is 58.4 Å². The zero-order valence-corrected chi connectivity index (χ0v) is 14.8. The molecule has 3 heterocycles. The summed E-state index contributed by atoms with van der Waals surface area (Å²) in [5, 5.41) is 3.39. The minimum absolute atomic E-state index is 0.311. The Labute approximate surface area is 139 Å². The van der Waals surface area contributed by atoms with Crippen LogP contribution in [0, 0.1) is 5.92 Å². The summed E-state index contributed by atoms with van der Waals surface area (Å²) >= 11 is 0. The van der Waals surface area contributed by atoms with Gasteiger partial charge >= 0.3 is 0 Å². The number of fused-ring (bicyclic) bond motifs is 1. The highest BCUT2D eigenvalue weighted by molar-refractivity contribution is 5.76. The minimum Gasteiger partial charge on any atom is -0.336 e. The fourth-order valence-corrected chi connectivity index (χ4v) is 3.93. The Bertz CT molecular complexity index is 558. The number of nitrogens with one attached hydrogen (secondary N) is 1. The van der Waals surface area contributed by atoms with Crippen LogP contribution in [0.5, 0.6) is 0 Å². The van der Waals surface area contributed by atoms with E-state index in [-0.39, 0.29) is 0 Å². The van der Waals surface area contributed by atoms with Gasteiger partial charge in [0, 0.05) is 38.0 Å². The van der Waals surface area contributed by atoms with Crippen LogP contribution >= 0.6 is 0 Å². The average molecular weight is 318 g/mol. The molecule has 5 nitrogen and oxygen atoms in total. The molecule has 1 aromatic rings. The summed E-state index contributed by atoms with van der Waals surface area (Å²) in [6.45, 7) is 8.11. The molecule has 0 atom stereocenters. The third kappa shape index (κ3) is 3.60. The van der Waals surface area contributed by atoms with E-state index >= 15 is 0 Å². The highest BCUT2D eigenvalue weighted by atomic mass is 16.2. The number of carbonyl (C=O) groups is 1. The smallest absolute Gasteiger partial charge is 0.222 e. The standard InChI is InChI=1S/C18H30N4O/c1-13(2)18-20-15-12-22(11-8-16(15)21(18)3)17(23)5-4-14-6-9-19-10-7-14/h13-14,19H,4-12H2,1-3H3. The predicted molar refractivity (Wildman–Crippen MR) is 91.2 cm³/mol. The summed E-state index contributed by atoms with van der Waals surface area (Å²) in [7, 11) is 2.11. The van der Waals surface area contributed by atoms with Crippen LogP contribution in [-0.2, 0) is 24.8 Å². The molecule has 2 aliphatic heterocycles. The lowest BCUT2D eigenvalue weighted by molar-refractivity contribution is -0.132. The number of carbonyl (C=O) groups excluding carboxylic acids is 1. The van der Waals surface area contributed by atoms with Gasteiger partial charge in [0.25, 0.3) is 0 Å². The molecule has 0 saturated carbocycles. The van der Waals surface area contributed by atoms with Crippen LogP contribution in [0.3, 0.4) is 0 Å². The largest absolute Gasteiger partial charge is 0.336 e. The molecule has 1 amide bonds. The summed E-state index contributed by atoms with van der Waals surface area (Å²) in [5.74, 6) is 2.60. The molecule has 128 valence electrons. The number of rotatable bonds is 4. The van der Waals surface area contributed by atoms with E-state index in [2.05, 4.69) is 30.8 Å². The van der Waals surface area contributed by atoms with Crippen LogP contribution in [0.1, 0.15) is 62.7 Å². The average Bonchev–Trinajstić information content (AvgIpc) is 2.90. The summed E-state index contributed by atoms with van der Waals surface area (Å²) in [5.41, 5.74) is 2.42. The molecule has 1 aromatic heterocycles. The van der Waals surface area contributed by atoms with E-state index in [1.165, 1.54) is 18.5 Å². The number of hydrogen-bond acceptors (Lipinski definition) is 3. The lowest BCUT2D eigenvalue weighted by Crippen LogP contribution is -2.37. The van der Waals surface area contributed by atoms with Gasteiger partial charge in [-0.3, -0.25) is 4.79 Å². The molecule has 0 radical (unpaired) electrons. The number of imidazole rings is 1. The number of amides is 1. The molecule has 0 bridgehead atoms. The number of piperidine rings is 1. The van der Waals surface area contributed by atoms with E-state index in [1.807, 2.05) is 4.90 Å². The van der Waals surface area contributed by atoms with Crippen molar-refractivity contribution in [1.82, 2.24) is 19.8 Å². The molecule has 0 unspecified atom stereocenters. The molecular formula is C18H30N4O. The van der Waals surface area contributed by atoms with Gasteiger partial charge in [-0.15, -0.1) is 0 Å². The second-order valence-corrected chi connectivity index (χ2v) is 7.37. The first kappa shape index (κ1) is 16.5. The van der Waals surface area contributed by atoms with E-state index in [0.29, 0.717) is 24.8 Å². The zero-order valence-electron chi connectivity index (χ0n) is 14.8. The van der Waals surface area contributed by atoms with Crippen molar-refractivity contribution < 1.29 is 4.79 Å². The normalized spacial score (nSPS) is 19.2. The molecule has 0 aliphatic carbocycles. The van der Waals surface area contributed by atoms with Gasteiger partial charge in [0.15, 0.2) is 0 Å². The summed E-state index contributed by atoms with van der Waals surface area (Å²) < 4.78 is 2.23. The lowest BCUT2D eigenvalue weighted by Gasteiger charge is -2.28. The molecule has 1 fully saturated rings. The van der Waals surface area contributed by atoms with Crippen molar-refractivity contribution in [3.63, 3.8) is 0 Å². The molecule has 3 rings (SSSR count). The Kier molecular flexibility index (Phi) is 5.05. The maximum Gasteiger partial charge on any atom is 0.222 e. The van der Waals surface area contributed by atoms with E-state index in [9.17, 15) is 4.79 Å². The molecule has 2 aliphatic rings. The van der Waals surface area contributed by atoms with Gasteiger partial charge in [0.2, 0.25) is 5.91 Å². The quantitative estimate of drug-likeness (QED) is 0.926. The molecule has 23 heavy (non-hydrogen) atoms. The Morgan fingerprint density at radius 2 is 2.09 bits per heavy atom. The van der Waals surface area contributed by atoms with Crippen LogP contribution in [-0.4, -0.2) is 40.0 Å². The first-order chi connectivity index (χ1) is 11.1.